The molecule has 2 amide bonds. The molecule has 0 radical (unpaired) electrons. The molecule has 0 spiro atoms. The maximum absolute atomic E-state index is 12.7. The van der Waals surface area contributed by atoms with E-state index in [4.69, 9.17) is 5.73 Å². The molecule has 0 aromatic heterocycles. The zero-order valence-corrected chi connectivity index (χ0v) is 14.2. The molecule has 2 N–H and O–H groups in total. The summed E-state index contributed by atoms with van der Waals surface area (Å²) < 4.78 is 0. The molecule has 2 saturated heterocycles. The molecule has 2 aliphatic rings. The van der Waals surface area contributed by atoms with Gasteiger partial charge in [0.25, 0.3) is 0 Å². The van der Waals surface area contributed by atoms with Gasteiger partial charge in [-0.3, -0.25) is 9.59 Å². The number of likely N-dealkylation sites (tertiary alicyclic amines) is 2. The third-order valence-electron chi connectivity index (χ3n) is 5.19. The van der Waals surface area contributed by atoms with Crippen LogP contribution in [0.3, 0.4) is 0 Å². The van der Waals surface area contributed by atoms with Crippen LogP contribution in [0, 0.1) is 0 Å². The van der Waals surface area contributed by atoms with Gasteiger partial charge in [-0.1, -0.05) is 43.2 Å². The summed E-state index contributed by atoms with van der Waals surface area (Å²) >= 11 is 0. The van der Waals surface area contributed by atoms with E-state index in [9.17, 15) is 9.59 Å². The number of rotatable bonds is 3. The van der Waals surface area contributed by atoms with E-state index < -0.39 is 0 Å². The van der Waals surface area contributed by atoms with Gasteiger partial charge in [-0.15, -0.1) is 0 Å². The van der Waals surface area contributed by atoms with Gasteiger partial charge in [-0.25, -0.2) is 0 Å². The minimum absolute atomic E-state index is 0.0257. The highest BCUT2D eigenvalue weighted by molar-refractivity contribution is 5.85. The molecule has 0 bridgehead atoms. The molecule has 0 aliphatic carbocycles. The molecule has 5 nitrogen and oxygen atoms in total. The smallest absolute Gasteiger partial charge is 0.242 e. The lowest BCUT2D eigenvalue weighted by atomic mass is 9.95. The minimum atomic E-state index is -0.0422. The van der Waals surface area contributed by atoms with Crippen LogP contribution in [-0.4, -0.2) is 53.8 Å². The van der Waals surface area contributed by atoms with Crippen molar-refractivity contribution in [3.8, 4) is 0 Å². The largest absolute Gasteiger partial charge is 0.339 e. The standard InChI is InChI=1S/C19H27N3O2/c20-17-13-22(12-16(17)15-8-4-3-5-9-15)19(24)14-21-11-7-2-1-6-10-18(21)23/h3-5,8-9,16-17H,1-2,6-7,10-14,20H2/t16-,17+/m0/s1. The van der Waals surface area contributed by atoms with E-state index in [1.165, 1.54) is 5.56 Å². The SMILES string of the molecule is N[C@@H]1CN(C(=O)CN2CCCCCCC2=O)C[C@H]1c1ccccc1. The van der Waals surface area contributed by atoms with Gasteiger partial charge in [0.1, 0.15) is 0 Å². The summed E-state index contributed by atoms with van der Waals surface area (Å²) in [5.74, 6) is 0.321. The van der Waals surface area contributed by atoms with E-state index in [1.807, 2.05) is 23.1 Å². The summed E-state index contributed by atoms with van der Waals surface area (Å²) in [5.41, 5.74) is 7.45. The highest BCUT2D eigenvalue weighted by atomic mass is 16.2. The molecular weight excluding hydrogens is 302 g/mol. The molecule has 2 fully saturated rings. The fourth-order valence-corrected chi connectivity index (χ4v) is 3.73. The lowest BCUT2D eigenvalue weighted by Gasteiger charge is -2.26. The fourth-order valence-electron chi connectivity index (χ4n) is 3.73. The van der Waals surface area contributed by atoms with E-state index in [0.717, 1.165) is 25.7 Å². The molecule has 2 atom stereocenters. The Morgan fingerprint density at radius 2 is 1.83 bits per heavy atom. The number of nitrogens with two attached hydrogens (primary N) is 1. The summed E-state index contributed by atoms with van der Waals surface area (Å²) in [6.45, 7) is 2.12. The highest BCUT2D eigenvalue weighted by Gasteiger charge is 2.34. The summed E-state index contributed by atoms with van der Waals surface area (Å²) in [5, 5.41) is 0. The molecule has 2 aliphatic heterocycles. The quantitative estimate of drug-likeness (QED) is 0.918. The van der Waals surface area contributed by atoms with Crippen molar-refractivity contribution >= 4 is 11.8 Å². The van der Waals surface area contributed by atoms with Crippen LogP contribution in [-0.2, 0) is 9.59 Å². The van der Waals surface area contributed by atoms with E-state index in [1.54, 1.807) is 4.90 Å². The number of amides is 2. The topological polar surface area (TPSA) is 66.6 Å². The van der Waals surface area contributed by atoms with Gasteiger partial charge in [-0.05, 0) is 18.4 Å². The maximum atomic E-state index is 12.7. The molecule has 24 heavy (non-hydrogen) atoms. The molecule has 2 heterocycles. The Morgan fingerprint density at radius 1 is 1.08 bits per heavy atom. The van der Waals surface area contributed by atoms with Crippen LogP contribution in [0.15, 0.2) is 30.3 Å². The van der Waals surface area contributed by atoms with Gasteiger partial charge in [-0.2, -0.15) is 0 Å². The Hall–Kier alpha value is -1.88. The van der Waals surface area contributed by atoms with Crippen LogP contribution in [0.1, 0.15) is 43.6 Å². The Kier molecular flexibility index (Phi) is 5.51. The third kappa shape index (κ3) is 3.96. The second-order valence-corrected chi connectivity index (χ2v) is 6.96. The maximum Gasteiger partial charge on any atom is 0.242 e. The lowest BCUT2D eigenvalue weighted by molar-refractivity contribution is -0.140. The van der Waals surface area contributed by atoms with Crippen molar-refractivity contribution in [2.24, 2.45) is 5.73 Å². The number of hydrogen-bond donors (Lipinski definition) is 1. The van der Waals surface area contributed by atoms with Crippen molar-refractivity contribution in [1.82, 2.24) is 9.80 Å². The second kappa shape index (κ2) is 7.79. The molecule has 1 aromatic rings. The number of nitrogens with zero attached hydrogens (tertiary/aromatic N) is 2. The normalized spacial score (nSPS) is 25.5. The van der Waals surface area contributed by atoms with Crippen LogP contribution in [0.2, 0.25) is 0 Å². The summed E-state index contributed by atoms with van der Waals surface area (Å²) in [7, 11) is 0. The second-order valence-electron chi connectivity index (χ2n) is 6.96. The van der Waals surface area contributed by atoms with Crippen molar-refractivity contribution in [1.29, 1.82) is 0 Å². The van der Waals surface area contributed by atoms with Crippen LogP contribution in [0.5, 0.6) is 0 Å². The van der Waals surface area contributed by atoms with Crippen molar-refractivity contribution in [2.75, 3.05) is 26.2 Å². The van der Waals surface area contributed by atoms with Gasteiger partial charge in [0, 0.05) is 38.0 Å². The molecule has 3 rings (SSSR count). The first-order valence-corrected chi connectivity index (χ1v) is 9.01. The van der Waals surface area contributed by atoms with Gasteiger partial charge < -0.3 is 15.5 Å². The number of carbonyl (C=O) groups is 2. The molecule has 1 aromatic carbocycles. The van der Waals surface area contributed by atoms with Crippen molar-refractivity contribution in [2.45, 2.75) is 44.1 Å². The van der Waals surface area contributed by atoms with Gasteiger partial charge in [0.15, 0.2) is 0 Å². The van der Waals surface area contributed by atoms with E-state index in [0.29, 0.717) is 26.1 Å². The average molecular weight is 329 g/mol. The van der Waals surface area contributed by atoms with Crippen molar-refractivity contribution in [3.63, 3.8) is 0 Å². The van der Waals surface area contributed by atoms with E-state index in [-0.39, 0.29) is 30.3 Å². The molecule has 130 valence electrons. The number of carbonyl (C=O) groups excluding carboxylic acids is 2. The third-order valence-corrected chi connectivity index (χ3v) is 5.19. The molecule has 0 saturated carbocycles. The zero-order chi connectivity index (χ0) is 16.9. The van der Waals surface area contributed by atoms with E-state index in [2.05, 4.69) is 12.1 Å². The Bertz CT molecular complexity index is 575. The van der Waals surface area contributed by atoms with Crippen molar-refractivity contribution < 1.29 is 9.59 Å². The Labute approximate surface area is 143 Å². The van der Waals surface area contributed by atoms with Crippen LogP contribution in [0.4, 0.5) is 0 Å². The van der Waals surface area contributed by atoms with Crippen LogP contribution >= 0.6 is 0 Å². The van der Waals surface area contributed by atoms with Gasteiger partial charge in [0.2, 0.25) is 11.8 Å². The number of benzene rings is 1. The molecule has 5 heteroatoms. The zero-order valence-electron chi connectivity index (χ0n) is 14.2. The predicted octanol–water partition coefficient (Wildman–Crippen LogP) is 1.73. The van der Waals surface area contributed by atoms with E-state index >= 15 is 0 Å². The fraction of sp³-hybridized carbons (Fsp3) is 0.579. The average Bonchev–Trinajstić information content (AvgIpc) is 2.97. The van der Waals surface area contributed by atoms with Crippen LogP contribution < -0.4 is 5.73 Å². The summed E-state index contributed by atoms with van der Waals surface area (Å²) in [6, 6.07) is 10.1. The van der Waals surface area contributed by atoms with Crippen molar-refractivity contribution in [3.05, 3.63) is 35.9 Å². The lowest BCUT2D eigenvalue weighted by Crippen LogP contribution is -2.43. The number of hydrogen-bond acceptors (Lipinski definition) is 3. The molecular formula is C19H27N3O2. The first kappa shape index (κ1) is 17.0. The monoisotopic (exact) mass is 329 g/mol. The summed E-state index contributed by atoms with van der Waals surface area (Å²) in [6.07, 6.45) is 4.76. The van der Waals surface area contributed by atoms with Gasteiger partial charge in [0.05, 0.1) is 6.54 Å². The Balaban J connectivity index is 1.60. The molecule has 0 unspecified atom stereocenters. The minimum Gasteiger partial charge on any atom is -0.339 e. The van der Waals surface area contributed by atoms with Gasteiger partial charge >= 0.3 is 0 Å². The Morgan fingerprint density at radius 3 is 2.62 bits per heavy atom. The predicted molar refractivity (Wildman–Crippen MR) is 93.4 cm³/mol. The summed E-state index contributed by atoms with van der Waals surface area (Å²) in [4.78, 5) is 28.4. The first-order valence-electron chi connectivity index (χ1n) is 9.01. The van der Waals surface area contributed by atoms with Crippen LogP contribution in [0.25, 0.3) is 0 Å². The highest BCUT2D eigenvalue weighted by Crippen LogP contribution is 2.26. The first-order chi connectivity index (χ1) is 11.6.